The van der Waals surface area contributed by atoms with Crippen LogP contribution in [0.3, 0.4) is 0 Å². The summed E-state index contributed by atoms with van der Waals surface area (Å²) in [5.74, 6) is 5.80. The van der Waals surface area contributed by atoms with Crippen LogP contribution in [-0.4, -0.2) is 24.5 Å². The first-order valence-corrected chi connectivity index (χ1v) is 16.9. The van der Waals surface area contributed by atoms with Crippen molar-refractivity contribution in [3.8, 4) is 0 Å². The lowest BCUT2D eigenvalue weighted by Crippen LogP contribution is -3.00. The number of carbonyl (C=O) groups is 1. The zero-order valence-corrected chi connectivity index (χ0v) is 28.7. The molecular weight excluding hydrogens is 565 g/mol. The normalized spacial score (nSPS) is 37.2. The van der Waals surface area contributed by atoms with Crippen molar-refractivity contribution in [2.24, 2.45) is 57.2 Å². The van der Waals surface area contributed by atoms with E-state index in [1.807, 2.05) is 11.5 Å². The van der Waals surface area contributed by atoms with E-state index in [0.717, 1.165) is 66.4 Å². The molecule has 240 valence electrons. The van der Waals surface area contributed by atoms with Gasteiger partial charge in [0.05, 0.1) is 6.42 Å². The highest BCUT2D eigenvalue weighted by molar-refractivity contribution is 5.74. The molecule has 0 aromatic rings. The van der Waals surface area contributed by atoms with Crippen LogP contribution in [0.4, 0.5) is 0 Å². The average molecular weight is 625 g/mol. The highest BCUT2D eigenvalue weighted by atomic mass is 35.5. The number of carbonyl (C=O) groups excluding carboxylic acids is 1. The lowest BCUT2D eigenvalue weighted by Gasteiger charge is -2.58. The van der Waals surface area contributed by atoms with E-state index in [0.29, 0.717) is 11.8 Å². The molecule has 0 aromatic heterocycles. The van der Waals surface area contributed by atoms with Crippen LogP contribution in [-0.2, 0) is 9.53 Å². The Morgan fingerprint density at radius 3 is 2.52 bits per heavy atom. The van der Waals surface area contributed by atoms with Gasteiger partial charge in [-0.15, -0.1) is 0 Å². The lowest BCUT2D eigenvalue weighted by molar-refractivity contribution is -0.448. The molecule has 1 heterocycles. The third-order valence-electron chi connectivity index (χ3n) is 13.0. The summed E-state index contributed by atoms with van der Waals surface area (Å²) in [6.45, 7) is 15.1. The number of quaternary nitrogens is 2. The minimum Gasteiger partial charge on any atom is -1.00 e. The highest BCUT2D eigenvalue weighted by Gasteiger charge is 2.59. The minimum atomic E-state index is -0.389. The summed E-state index contributed by atoms with van der Waals surface area (Å²) in [6, 6.07) is -0.389. The minimum absolute atomic E-state index is 0. The van der Waals surface area contributed by atoms with Crippen molar-refractivity contribution in [2.75, 3.05) is 0 Å². The maximum Gasteiger partial charge on any atom is 0.365 e. The molecule has 3 fully saturated rings. The van der Waals surface area contributed by atoms with Crippen LogP contribution >= 0.6 is 0 Å². The van der Waals surface area contributed by atoms with Gasteiger partial charge in [-0.05, 0) is 104 Å². The van der Waals surface area contributed by atoms with Gasteiger partial charge >= 0.3 is 5.97 Å². The summed E-state index contributed by atoms with van der Waals surface area (Å²) in [5.41, 5.74) is 7.40. The summed E-state index contributed by atoms with van der Waals surface area (Å²) in [4.78, 5) is 17.2. The van der Waals surface area contributed by atoms with Gasteiger partial charge in [-0.1, -0.05) is 66.0 Å². The van der Waals surface area contributed by atoms with Crippen LogP contribution in [0.2, 0.25) is 0 Å². The standard InChI is InChI=1S/C35H57N3O2.2ClH/c1-7-24(22(2)3)9-8-23(4)29-12-13-30-28-11-10-25-18-27(40-33(39)32(36)19-26-20-37-21-38-26)14-16-34(25,5)31(28)15-17-35(29,30)6;;/h10,20-24,27-32H,7-9,11-19,36H2,1-6H3,(H,37,38);2*1H/t23-,24-,27+,28+,29-,30+,31+,32?,34+,35-;;/m1../s1. The second-order valence-electron chi connectivity index (χ2n) is 15.3. The van der Waals surface area contributed by atoms with Gasteiger partial charge in [0.25, 0.3) is 0 Å². The number of fused-ring (bicyclic) bond motifs is 5. The van der Waals surface area contributed by atoms with Gasteiger partial charge < -0.3 is 35.3 Å². The number of hydrogen-bond donors (Lipinski definition) is 2. The third kappa shape index (κ3) is 6.85. The van der Waals surface area contributed by atoms with Crippen molar-refractivity contribution in [3.05, 3.63) is 23.5 Å². The average Bonchev–Trinajstić information content (AvgIpc) is 3.56. The van der Waals surface area contributed by atoms with Crippen molar-refractivity contribution in [3.63, 3.8) is 0 Å². The number of nitrogens with two attached hydrogens (primary N) is 1. The van der Waals surface area contributed by atoms with E-state index in [9.17, 15) is 4.79 Å². The molecule has 0 amide bonds. The van der Waals surface area contributed by atoms with Crippen molar-refractivity contribution in [1.82, 2.24) is 0 Å². The van der Waals surface area contributed by atoms with E-state index in [1.54, 1.807) is 11.9 Å². The molecule has 0 bridgehead atoms. The predicted molar refractivity (Wildman–Crippen MR) is 162 cm³/mol. The lowest BCUT2D eigenvalue weighted by atomic mass is 9.47. The van der Waals surface area contributed by atoms with E-state index in [2.05, 4.69) is 58.3 Å². The van der Waals surface area contributed by atoms with E-state index < -0.39 is 0 Å². The first-order valence-electron chi connectivity index (χ1n) is 16.9. The molecule has 5 rings (SSSR count). The fraction of sp³-hybridized carbons (Fsp3) is 0.829. The van der Waals surface area contributed by atoms with E-state index in [4.69, 9.17) is 4.74 Å². The monoisotopic (exact) mass is 623 g/mol. The van der Waals surface area contributed by atoms with Crippen molar-refractivity contribution >= 4 is 12.3 Å². The third-order valence-corrected chi connectivity index (χ3v) is 13.0. The van der Waals surface area contributed by atoms with Crippen molar-refractivity contribution < 1.29 is 45.4 Å². The Balaban J connectivity index is 0.00000242. The molecule has 4 aliphatic carbocycles. The van der Waals surface area contributed by atoms with E-state index >= 15 is 0 Å². The Morgan fingerprint density at radius 1 is 1.10 bits per heavy atom. The topological polar surface area (TPSA) is 82.9 Å². The maximum absolute atomic E-state index is 12.9. The van der Waals surface area contributed by atoms with Crippen LogP contribution < -0.4 is 35.9 Å². The molecule has 1 aliphatic heterocycles. The van der Waals surface area contributed by atoms with Crippen molar-refractivity contribution in [1.29, 1.82) is 0 Å². The van der Waals surface area contributed by atoms with Gasteiger partial charge in [0, 0.05) is 6.42 Å². The van der Waals surface area contributed by atoms with E-state index in [1.165, 1.54) is 51.4 Å². The Kier molecular flexibility index (Phi) is 12.3. The van der Waals surface area contributed by atoms with Crippen LogP contribution in [0.5, 0.6) is 0 Å². The Hall–Kier alpha value is -0.880. The molecule has 10 atom stereocenters. The quantitative estimate of drug-likeness (QED) is 0.266. The zero-order valence-electron chi connectivity index (χ0n) is 27.2. The molecule has 5 N–H and O–H groups in total. The first-order chi connectivity index (χ1) is 19.1. The summed E-state index contributed by atoms with van der Waals surface area (Å²) >= 11 is 0. The molecule has 1 unspecified atom stereocenters. The van der Waals surface area contributed by atoms with Gasteiger partial charge in [-0.2, -0.15) is 0 Å². The summed E-state index contributed by atoms with van der Waals surface area (Å²) < 4.78 is 6.05. The number of nitrogens with zero attached hydrogens (tertiary/aromatic N) is 1. The van der Waals surface area contributed by atoms with Crippen LogP contribution in [0.25, 0.3) is 0 Å². The summed E-state index contributed by atoms with van der Waals surface area (Å²) in [6.07, 6.45) is 21.0. The van der Waals surface area contributed by atoms with Gasteiger partial charge in [0.2, 0.25) is 0 Å². The van der Waals surface area contributed by atoms with Crippen LogP contribution in [0.15, 0.2) is 28.5 Å². The number of hydrogen-bond acceptors (Lipinski definition) is 3. The molecule has 0 spiro atoms. The number of rotatable bonds is 10. The van der Waals surface area contributed by atoms with Crippen LogP contribution in [0, 0.1) is 52.3 Å². The smallest absolute Gasteiger partial charge is 0.365 e. The number of halogens is 2. The van der Waals surface area contributed by atoms with E-state index in [-0.39, 0.29) is 48.3 Å². The fourth-order valence-electron chi connectivity index (χ4n) is 10.4. The second kappa shape index (κ2) is 14.5. The molecule has 3 saturated carbocycles. The van der Waals surface area contributed by atoms with Crippen molar-refractivity contribution in [2.45, 2.75) is 131 Å². The SMILES string of the molecule is CC[C@H](CC[C@@H](C)[C@H]1CC[C@H]2[C@@H]3CC=C4C[C@@H](OC(=O)C([NH3+])CC5=C[NH2+]C=N5)CC[C@]4(C)[C@H]3CC[C@]12C)C(C)C.[Cl-].[Cl-]. The molecule has 5 aliphatic rings. The zero-order chi connectivity index (χ0) is 28.7. The van der Waals surface area contributed by atoms with Crippen LogP contribution in [0.1, 0.15) is 119 Å². The second-order valence-corrected chi connectivity index (χ2v) is 15.3. The predicted octanol–water partition coefficient (Wildman–Crippen LogP) is 0.0310. The number of aliphatic imine (C=N–C) groups is 1. The number of esters is 1. The van der Waals surface area contributed by atoms with Gasteiger partial charge in [0.1, 0.15) is 18.0 Å². The maximum atomic E-state index is 12.9. The fourth-order valence-corrected chi connectivity index (χ4v) is 10.4. The molecule has 42 heavy (non-hydrogen) atoms. The molecule has 7 heteroatoms. The Morgan fingerprint density at radius 2 is 1.86 bits per heavy atom. The summed E-state index contributed by atoms with van der Waals surface area (Å²) in [5, 5.41) is 1.91. The molecular formula is C35H59Cl2N3O2. The molecule has 5 nitrogen and oxygen atoms in total. The number of allylic oxidation sites excluding steroid dienone is 1. The summed E-state index contributed by atoms with van der Waals surface area (Å²) in [7, 11) is 0. The highest BCUT2D eigenvalue weighted by Crippen LogP contribution is 2.67. The first kappa shape index (κ1) is 35.6. The molecule has 0 radical (unpaired) electrons. The number of ether oxygens (including phenoxy) is 1. The van der Waals surface area contributed by atoms with Gasteiger partial charge in [-0.3, -0.25) is 5.32 Å². The largest absolute Gasteiger partial charge is 1.00 e. The Bertz CT molecular complexity index is 1030. The molecule has 0 saturated heterocycles. The van der Waals surface area contributed by atoms with Gasteiger partial charge in [0.15, 0.2) is 12.4 Å². The Labute approximate surface area is 268 Å². The molecule has 0 aromatic carbocycles. The van der Waals surface area contributed by atoms with Gasteiger partial charge in [-0.25, -0.2) is 9.79 Å².